The highest BCUT2D eigenvalue weighted by molar-refractivity contribution is 5.04. The standard InChI is InChI=1S/C15H29N3O2/c1-5-18(6-2)7-8-19-12-15-9-14(17-20-15)11-16-10-13(3)4/h9,13,16H,5-8,10-12H2,1-4H3. The van der Waals surface area contributed by atoms with Gasteiger partial charge in [-0.3, -0.25) is 0 Å². The fourth-order valence-corrected chi connectivity index (χ4v) is 1.90. The van der Waals surface area contributed by atoms with Crippen molar-refractivity contribution in [2.45, 2.75) is 40.8 Å². The van der Waals surface area contributed by atoms with Crippen molar-refractivity contribution in [3.63, 3.8) is 0 Å². The van der Waals surface area contributed by atoms with Gasteiger partial charge in [-0.05, 0) is 25.6 Å². The fraction of sp³-hybridized carbons (Fsp3) is 0.800. The summed E-state index contributed by atoms with van der Waals surface area (Å²) in [5.74, 6) is 1.44. The van der Waals surface area contributed by atoms with Crippen LogP contribution in [0.3, 0.4) is 0 Å². The molecule has 0 saturated carbocycles. The molecule has 0 unspecified atom stereocenters. The summed E-state index contributed by atoms with van der Waals surface area (Å²) in [4.78, 5) is 2.33. The Labute approximate surface area is 122 Å². The van der Waals surface area contributed by atoms with Gasteiger partial charge in [0, 0.05) is 19.2 Å². The number of nitrogens with zero attached hydrogens (tertiary/aromatic N) is 2. The van der Waals surface area contributed by atoms with Gasteiger partial charge in [0.05, 0.1) is 12.3 Å². The van der Waals surface area contributed by atoms with E-state index in [4.69, 9.17) is 9.26 Å². The molecule has 0 radical (unpaired) electrons. The van der Waals surface area contributed by atoms with Crippen molar-refractivity contribution < 1.29 is 9.26 Å². The van der Waals surface area contributed by atoms with Crippen LogP contribution in [0, 0.1) is 5.92 Å². The second-order valence-corrected chi connectivity index (χ2v) is 5.39. The second kappa shape index (κ2) is 9.91. The molecule has 0 fully saturated rings. The monoisotopic (exact) mass is 283 g/mol. The molecule has 5 heteroatoms. The molecule has 1 aromatic rings. The minimum atomic E-state index is 0.498. The predicted molar refractivity (Wildman–Crippen MR) is 80.5 cm³/mol. The Morgan fingerprint density at radius 2 is 2.10 bits per heavy atom. The highest BCUT2D eigenvalue weighted by Crippen LogP contribution is 2.05. The first-order valence-electron chi connectivity index (χ1n) is 7.61. The molecular weight excluding hydrogens is 254 g/mol. The lowest BCUT2D eigenvalue weighted by atomic mass is 10.2. The van der Waals surface area contributed by atoms with Crippen LogP contribution in [0.4, 0.5) is 0 Å². The van der Waals surface area contributed by atoms with Crippen LogP contribution in [0.5, 0.6) is 0 Å². The van der Waals surface area contributed by atoms with Gasteiger partial charge in [-0.1, -0.05) is 32.9 Å². The summed E-state index contributed by atoms with van der Waals surface area (Å²) in [6, 6.07) is 1.96. The lowest BCUT2D eigenvalue weighted by molar-refractivity contribution is 0.0807. The Balaban J connectivity index is 2.17. The lowest BCUT2D eigenvalue weighted by Crippen LogP contribution is -2.26. The summed E-state index contributed by atoms with van der Waals surface area (Å²) in [6.07, 6.45) is 0. The molecule has 1 aromatic heterocycles. The minimum Gasteiger partial charge on any atom is -0.372 e. The van der Waals surface area contributed by atoms with Crippen molar-refractivity contribution in [3.8, 4) is 0 Å². The van der Waals surface area contributed by atoms with Gasteiger partial charge in [-0.2, -0.15) is 0 Å². The van der Waals surface area contributed by atoms with Crippen molar-refractivity contribution in [1.82, 2.24) is 15.4 Å². The van der Waals surface area contributed by atoms with E-state index in [2.05, 4.69) is 43.1 Å². The maximum Gasteiger partial charge on any atom is 0.162 e. The Morgan fingerprint density at radius 3 is 2.75 bits per heavy atom. The van der Waals surface area contributed by atoms with Crippen LogP contribution in [0.15, 0.2) is 10.6 Å². The maximum atomic E-state index is 5.61. The van der Waals surface area contributed by atoms with Crippen molar-refractivity contribution in [3.05, 3.63) is 17.5 Å². The Hall–Kier alpha value is -0.910. The first-order valence-corrected chi connectivity index (χ1v) is 7.61. The van der Waals surface area contributed by atoms with E-state index in [0.717, 1.165) is 50.8 Å². The summed E-state index contributed by atoms with van der Waals surface area (Å²) in [5, 5.41) is 7.37. The van der Waals surface area contributed by atoms with Crippen LogP contribution in [0.25, 0.3) is 0 Å². The first kappa shape index (κ1) is 17.1. The third-order valence-corrected chi connectivity index (χ3v) is 3.16. The van der Waals surface area contributed by atoms with Crippen molar-refractivity contribution in [2.24, 2.45) is 5.92 Å². The number of rotatable bonds is 11. The number of likely N-dealkylation sites (N-methyl/N-ethyl adjacent to an activating group) is 1. The van der Waals surface area contributed by atoms with Gasteiger partial charge in [0.1, 0.15) is 6.61 Å². The van der Waals surface area contributed by atoms with Gasteiger partial charge in [-0.15, -0.1) is 0 Å². The molecule has 1 rings (SSSR count). The van der Waals surface area contributed by atoms with Gasteiger partial charge in [0.2, 0.25) is 0 Å². The number of nitrogens with one attached hydrogen (secondary N) is 1. The molecule has 116 valence electrons. The van der Waals surface area contributed by atoms with Gasteiger partial charge in [0.25, 0.3) is 0 Å². The van der Waals surface area contributed by atoms with Crippen molar-refractivity contribution in [2.75, 3.05) is 32.8 Å². The van der Waals surface area contributed by atoms with Crippen molar-refractivity contribution >= 4 is 0 Å². The molecule has 1 heterocycles. The van der Waals surface area contributed by atoms with Crippen LogP contribution in [0.1, 0.15) is 39.1 Å². The highest BCUT2D eigenvalue weighted by Gasteiger charge is 2.05. The summed E-state index contributed by atoms with van der Waals surface area (Å²) >= 11 is 0. The molecule has 0 spiro atoms. The van der Waals surface area contributed by atoms with E-state index in [1.165, 1.54) is 0 Å². The van der Waals surface area contributed by atoms with Crippen molar-refractivity contribution in [1.29, 1.82) is 0 Å². The van der Waals surface area contributed by atoms with Crippen LogP contribution in [-0.2, 0) is 17.9 Å². The molecule has 0 aliphatic carbocycles. The maximum absolute atomic E-state index is 5.61. The average molecular weight is 283 g/mol. The SMILES string of the molecule is CCN(CC)CCOCc1cc(CNCC(C)C)no1. The zero-order valence-corrected chi connectivity index (χ0v) is 13.3. The predicted octanol–water partition coefficient (Wildman–Crippen LogP) is 2.28. The lowest BCUT2D eigenvalue weighted by Gasteiger charge is -2.17. The molecule has 0 atom stereocenters. The largest absolute Gasteiger partial charge is 0.372 e. The molecule has 0 aliphatic rings. The van der Waals surface area contributed by atoms with E-state index in [9.17, 15) is 0 Å². The first-order chi connectivity index (χ1) is 9.65. The Morgan fingerprint density at radius 1 is 1.35 bits per heavy atom. The third-order valence-electron chi connectivity index (χ3n) is 3.16. The summed E-state index contributed by atoms with van der Waals surface area (Å²) in [7, 11) is 0. The molecular formula is C15H29N3O2. The number of hydrogen-bond donors (Lipinski definition) is 1. The molecule has 0 saturated heterocycles. The molecule has 1 N–H and O–H groups in total. The van der Waals surface area contributed by atoms with E-state index >= 15 is 0 Å². The van der Waals surface area contributed by atoms with Crippen LogP contribution in [-0.4, -0.2) is 42.8 Å². The van der Waals surface area contributed by atoms with Gasteiger partial charge >= 0.3 is 0 Å². The van der Waals surface area contributed by atoms with E-state index in [1.807, 2.05) is 6.07 Å². The summed E-state index contributed by atoms with van der Waals surface area (Å²) in [5.41, 5.74) is 0.938. The Bertz CT molecular complexity index is 349. The molecule has 0 amide bonds. The molecule has 20 heavy (non-hydrogen) atoms. The molecule has 0 aliphatic heterocycles. The van der Waals surface area contributed by atoms with Gasteiger partial charge < -0.3 is 19.5 Å². The fourth-order valence-electron chi connectivity index (χ4n) is 1.90. The molecule has 0 aromatic carbocycles. The van der Waals surface area contributed by atoms with E-state index in [0.29, 0.717) is 12.5 Å². The molecule has 5 nitrogen and oxygen atoms in total. The second-order valence-electron chi connectivity index (χ2n) is 5.39. The van der Waals surface area contributed by atoms with Crippen LogP contribution >= 0.6 is 0 Å². The average Bonchev–Trinajstić information content (AvgIpc) is 2.86. The van der Waals surface area contributed by atoms with Gasteiger partial charge in [-0.25, -0.2) is 0 Å². The topological polar surface area (TPSA) is 50.5 Å². The van der Waals surface area contributed by atoms with Gasteiger partial charge in [0.15, 0.2) is 5.76 Å². The zero-order valence-electron chi connectivity index (χ0n) is 13.3. The third kappa shape index (κ3) is 7.03. The highest BCUT2D eigenvalue weighted by atomic mass is 16.5. The van der Waals surface area contributed by atoms with Crippen LogP contribution in [0.2, 0.25) is 0 Å². The van der Waals surface area contributed by atoms with E-state index in [1.54, 1.807) is 0 Å². The minimum absolute atomic E-state index is 0.498. The zero-order chi connectivity index (χ0) is 14.8. The molecule has 0 bridgehead atoms. The summed E-state index contributed by atoms with van der Waals surface area (Å²) < 4.78 is 10.9. The Kier molecular flexibility index (Phi) is 8.49. The van der Waals surface area contributed by atoms with E-state index < -0.39 is 0 Å². The quantitative estimate of drug-likeness (QED) is 0.631. The normalized spacial score (nSPS) is 11.7. The van der Waals surface area contributed by atoms with E-state index in [-0.39, 0.29) is 0 Å². The summed E-state index contributed by atoms with van der Waals surface area (Å²) in [6.45, 7) is 14.7. The number of aromatic nitrogens is 1. The van der Waals surface area contributed by atoms with Crippen LogP contribution < -0.4 is 5.32 Å². The smallest absolute Gasteiger partial charge is 0.162 e. The number of ether oxygens (including phenoxy) is 1. The number of hydrogen-bond acceptors (Lipinski definition) is 5.